The Balaban J connectivity index is 3.35. The highest BCUT2D eigenvalue weighted by molar-refractivity contribution is 5.88. The van der Waals surface area contributed by atoms with Crippen molar-refractivity contribution in [2.75, 3.05) is 7.11 Å². The van der Waals surface area contributed by atoms with Gasteiger partial charge < -0.3 is 4.74 Å². The maximum atomic E-state index is 11.9. The Kier molecular flexibility index (Phi) is 5.17. The van der Waals surface area contributed by atoms with E-state index >= 15 is 0 Å². The Morgan fingerprint density at radius 3 is 2.57 bits per heavy atom. The second-order valence-corrected chi connectivity index (χ2v) is 4.16. The molecule has 0 saturated carbocycles. The number of rotatable bonds is 5. The molecule has 114 valence electrons. The van der Waals surface area contributed by atoms with Crippen LogP contribution in [0.25, 0.3) is 0 Å². The first-order valence-electron chi connectivity index (χ1n) is 6.05. The Morgan fingerprint density at radius 2 is 2.10 bits per heavy atom. The topological polar surface area (TPSA) is 113 Å². The van der Waals surface area contributed by atoms with E-state index in [4.69, 9.17) is 0 Å². The van der Waals surface area contributed by atoms with Gasteiger partial charge in [-0.3, -0.25) is 24.0 Å². The molecule has 0 aliphatic carbocycles. The van der Waals surface area contributed by atoms with Crippen LogP contribution in [0.15, 0.2) is 27.4 Å². The standard InChI is InChI=1S/C12H15N3O6/c1-4-8(11(17)21-3)5-6-14-10(16)9(15(19)20)7-13(2)12(14)18/h5,7H,4,6H2,1-3H3. The Bertz CT molecular complexity index is 713. The van der Waals surface area contributed by atoms with Crippen LogP contribution in [-0.2, 0) is 23.1 Å². The molecule has 1 rings (SSSR count). The third-order valence-corrected chi connectivity index (χ3v) is 2.86. The SMILES string of the molecule is CCC(=CCn1c(=O)c([N+](=O)[O-])cn(C)c1=O)C(=O)OC. The molecule has 0 fully saturated rings. The maximum Gasteiger partial charge on any atom is 0.350 e. The largest absolute Gasteiger partial charge is 0.466 e. The van der Waals surface area contributed by atoms with Crippen LogP contribution in [0.1, 0.15) is 13.3 Å². The molecule has 0 N–H and O–H groups in total. The number of esters is 1. The normalized spacial score (nSPS) is 11.3. The first-order chi connectivity index (χ1) is 9.83. The van der Waals surface area contributed by atoms with Gasteiger partial charge in [0, 0.05) is 19.2 Å². The number of methoxy groups -OCH3 is 1. The number of hydrogen-bond donors (Lipinski definition) is 0. The first-order valence-corrected chi connectivity index (χ1v) is 6.05. The smallest absolute Gasteiger partial charge is 0.350 e. The van der Waals surface area contributed by atoms with E-state index in [0.29, 0.717) is 11.0 Å². The van der Waals surface area contributed by atoms with E-state index in [1.807, 2.05) is 0 Å². The van der Waals surface area contributed by atoms with Crippen molar-refractivity contribution in [2.24, 2.45) is 7.05 Å². The molecule has 1 aromatic rings. The van der Waals surface area contributed by atoms with Crippen LogP contribution in [0, 0.1) is 10.1 Å². The lowest BCUT2D eigenvalue weighted by Crippen LogP contribution is -2.39. The predicted molar refractivity (Wildman–Crippen MR) is 73.0 cm³/mol. The van der Waals surface area contributed by atoms with Gasteiger partial charge in [-0.05, 0) is 6.42 Å². The molecule has 0 aliphatic heterocycles. The number of hydrogen-bond acceptors (Lipinski definition) is 6. The van der Waals surface area contributed by atoms with E-state index in [9.17, 15) is 24.5 Å². The lowest BCUT2D eigenvalue weighted by Gasteiger charge is -2.06. The van der Waals surface area contributed by atoms with Crippen molar-refractivity contribution >= 4 is 11.7 Å². The molecule has 0 amide bonds. The second kappa shape index (κ2) is 6.64. The summed E-state index contributed by atoms with van der Waals surface area (Å²) in [6.07, 6.45) is 2.56. The van der Waals surface area contributed by atoms with E-state index in [1.54, 1.807) is 6.92 Å². The molecular weight excluding hydrogens is 282 g/mol. The summed E-state index contributed by atoms with van der Waals surface area (Å²) in [7, 11) is 2.51. The van der Waals surface area contributed by atoms with Crippen molar-refractivity contribution < 1.29 is 14.5 Å². The van der Waals surface area contributed by atoms with Crippen molar-refractivity contribution in [3.05, 3.63) is 48.8 Å². The summed E-state index contributed by atoms with van der Waals surface area (Å²) in [4.78, 5) is 45.1. The van der Waals surface area contributed by atoms with Crippen molar-refractivity contribution in [3.63, 3.8) is 0 Å². The number of allylic oxidation sites excluding steroid dienone is 1. The van der Waals surface area contributed by atoms with Crippen LogP contribution >= 0.6 is 0 Å². The summed E-state index contributed by atoms with van der Waals surface area (Å²) in [6.45, 7) is 1.46. The molecule has 0 spiro atoms. The lowest BCUT2D eigenvalue weighted by molar-refractivity contribution is -0.387. The van der Waals surface area contributed by atoms with E-state index < -0.39 is 27.8 Å². The van der Waals surface area contributed by atoms with Gasteiger partial charge in [0.2, 0.25) is 0 Å². The highest BCUT2D eigenvalue weighted by atomic mass is 16.6. The maximum absolute atomic E-state index is 11.9. The van der Waals surface area contributed by atoms with Gasteiger partial charge in [-0.15, -0.1) is 0 Å². The van der Waals surface area contributed by atoms with Gasteiger partial charge in [-0.25, -0.2) is 9.59 Å². The number of aromatic nitrogens is 2. The Hall–Kier alpha value is -2.71. The summed E-state index contributed by atoms with van der Waals surface area (Å²) in [5.74, 6) is -0.576. The van der Waals surface area contributed by atoms with Gasteiger partial charge >= 0.3 is 22.9 Å². The van der Waals surface area contributed by atoms with Crippen LogP contribution in [0.5, 0.6) is 0 Å². The summed E-state index contributed by atoms with van der Waals surface area (Å²) >= 11 is 0. The van der Waals surface area contributed by atoms with Crippen LogP contribution in [0.2, 0.25) is 0 Å². The number of aryl methyl sites for hydroxylation is 1. The van der Waals surface area contributed by atoms with E-state index in [2.05, 4.69) is 4.74 Å². The molecule has 21 heavy (non-hydrogen) atoms. The summed E-state index contributed by atoms with van der Waals surface area (Å²) in [5, 5.41) is 10.8. The Morgan fingerprint density at radius 1 is 1.48 bits per heavy atom. The molecule has 1 heterocycles. The number of ether oxygens (including phenoxy) is 1. The van der Waals surface area contributed by atoms with Crippen molar-refractivity contribution in [1.29, 1.82) is 0 Å². The molecule has 0 atom stereocenters. The zero-order valence-corrected chi connectivity index (χ0v) is 11.9. The van der Waals surface area contributed by atoms with Gasteiger partial charge in [0.1, 0.15) is 0 Å². The highest BCUT2D eigenvalue weighted by Gasteiger charge is 2.18. The minimum Gasteiger partial charge on any atom is -0.466 e. The van der Waals surface area contributed by atoms with Crippen LogP contribution in [0.4, 0.5) is 5.69 Å². The predicted octanol–water partition coefficient (Wildman–Crippen LogP) is -0.0354. The quantitative estimate of drug-likeness (QED) is 0.326. The van der Waals surface area contributed by atoms with E-state index in [-0.39, 0.29) is 12.1 Å². The fraction of sp³-hybridized carbons (Fsp3) is 0.417. The summed E-state index contributed by atoms with van der Waals surface area (Å²) in [5.41, 5.74) is -2.15. The molecule has 0 radical (unpaired) electrons. The molecule has 0 bridgehead atoms. The Labute approximate surface area is 119 Å². The van der Waals surface area contributed by atoms with Gasteiger partial charge in [-0.2, -0.15) is 0 Å². The van der Waals surface area contributed by atoms with Crippen molar-refractivity contribution in [2.45, 2.75) is 19.9 Å². The molecule has 9 nitrogen and oxygen atoms in total. The average molecular weight is 297 g/mol. The van der Waals surface area contributed by atoms with Crippen LogP contribution < -0.4 is 11.2 Å². The minimum absolute atomic E-state index is 0.245. The molecule has 0 aromatic carbocycles. The zero-order valence-electron chi connectivity index (χ0n) is 11.9. The molecule has 0 saturated heterocycles. The van der Waals surface area contributed by atoms with Gasteiger partial charge in [0.15, 0.2) is 0 Å². The van der Waals surface area contributed by atoms with Crippen LogP contribution in [0.3, 0.4) is 0 Å². The average Bonchev–Trinajstić information content (AvgIpc) is 2.45. The third kappa shape index (κ3) is 3.44. The number of carbonyl (C=O) groups is 1. The fourth-order valence-electron chi connectivity index (χ4n) is 1.70. The van der Waals surface area contributed by atoms with Crippen LogP contribution in [-0.4, -0.2) is 27.1 Å². The third-order valence-electron chi connectivity index (χ3n) is 2.86. The number of nitrogens with zero attached hydrogens (tertiary/aromatic N) is 3. The molecule has 9 heteroatoms. The molecule has 0 aliphatic rings. The summed E-state index contributed by atoms with van der Waals surface area (Å²) in [6, 6.07) is 0. The monoisotopic (exact) mass is 297 g/mol. The van der Waals surface area contributed by atoms with E-state index in [1.165, 1.54) is 20.2 Å². The van der Waals surface area contributed by atoms with Crippen molar-refractivity contribution in [1.82, 2.24) is 9.13 Å². The molecular formula is C12H15N3O6. The number of carbonyl (C=O) groups excluding carboxylic acids is 1. The van der Waals surface area contributed by atoms with Crippen molar-refractivity contribution in [3.8, 4) is 0 Å². The molecule has 1 aromatic heterocycles. The minimum atomic E-state index is -1.01. The van der Waals surface area contributed by atoms with Gasteiger partial charge in [0.05, 0.1) is 18.2 Å². The molecule has 0 unspecified atom stereocenters. The van der Waals surface area contributed by atoms with Gasteiger partial charge in [-0.1, -0.05) is 13.0 Å². The number of nitro groups is 1. The lowest BCUT2D eigenvalue weighted by atomic mass is 10.2. The summed E-state index contributed by atoms with van der Waals surface area (Å²) < 4.78 is 6.18. The van der Waals surface area contributed by atoms with Gasteiger partial charge in [0.25, 0.3) is 0 Å². The fourth-order valence-corrected chi connectivity index (χ4v) is 1.70. The zero-order chi connectivity index (χ0) is 16.2. The highest BCUT2D eigenvalue weighted by Crippen LogP contribution is 2.04. The first kappa shape index (κ1) is 16.3. The second-order valence-electron chi connectivity index (χ2n) is 4.16. The van der Waals surface area contributed by atoms with E-state index in [0.717, 1.165) is 10.8 Å².